The van der Waals surface area contributed by atoms with Crippen LogP contribution in [0, 0.1) is 0 Å². The van der Waals surface area contributed by atoms with E-state index in [4.69, 9.17) is 10.2 Å². The second-order valence-electron chi connectivity index (χ2n) is 15.2. The van der Waals surface area contributed by atoms with Crippen LogP contribution in [0.2, 0.25) is 0 Å². The maximum atomic E-state index is 11.9. The van der Waals surface area contributed by atoms with Gasteiger partial charge in [0.05, 0.1) is 13.2 Å². The molecule has 1 aliphatic rings. The first kappa shape index (κ1) is 49.5. The fraction of sp³-hybridized carbons (Fsp3) is 0.462. The normalized spacial score (nSPS) is 12.1. The van der Waals surface area contributed by atoms with Crippen molar-refractivity contribution in [1.82, 2.24) is 0 Å². The standard InChI is InChI=1S/C38H56N2.2C7H8O.Ni/c1-5-9-13-14-15-18-21-32-22-19-23-34(30-32)38-36(25-17-11-7-3)35(24-16-10-6-2)37(40(38)39)33-28-26-31(27-29-33)20-12-8-4;2*8-6-7-4-2-1-3-5-7;/h19,22-23,26-30H,5-18,20-21,24-25H2,1-4H3;2*1-5,8H,6H2;. The molecule has 0 fully saturated rings. The molecular formula is C52H72N2NiO2. The van der Waals surface area contributed by atoms with E-state index in [1.54, 1.807) is 4.70 Å². The Morgan fingerprint density at radius 1 is 0.404 bits per heavy atom. The van der Waals surface area contributed by atoms with Crippen molar-refractivity contribution >= 4 is 11.4 Å². The number of hydrogen-bond donors (Lipinski definition) is 2. The summed E-state index contributed by atoms with van der Waals surface area (Å²) in [7, 11) is 0. The van der Waals surface area contributed by atoms with Gasteiger partial charge in [0.2, 0.25) is 11.4 Å². The van der Waals surface area contributed by atoms with Gasteiger partial charge in [-0.3, -0.25) is 0 Å². The summed E-state index contributed by atoms with van der Waals surface area (Å²) in [5, 5.41) is 17.1. The molecule has 0 unspecified atom stereocenters. The van der Waals surface area contributed by atoms with Crippen LogP contribution in [-0.2, 0) is 42.5 Å². The van der Waals surface area contributed by atoms with Gasteiger partial charge in [-0.2, -0.15) is 0 Å². The molecule has 5 heteroatoms. The summed E-state index contributed by atoms with van der Waals surface area (Å²) in [4.78, 5) is 0. The molecule has 0 aliphatic carbocycles. The molecule has 1 heterocycles. The number of hydrogen-bond acceptors (Lipinski definition) is 2. The van der Waals surface area contributed by atoms with Crippen molar-refractivity contribution in [3.8, 4) is 0 Å². The van der Waals surface area contributed by atoms with Gasteiger partial charge in [0.15, 0.2) is 0 Å². The second kappa shape index (κ2) is 30.5. The Kier molecular flexibility index (Phi) is 26.5. The minimum Gasteiger partial charge on any atom is -0.493 e. The first-order valence-corrected chi connectivity index (χ1v) is 21.9. The van der Waals surface area contributed by atoms with Crippen molar-refractivity contribution in [1.29, 1.82) is 0 Å². The van der Waals surface area contributed by atoms with Crippen molar-refractivity contribution in [3.05, 3.63) is 159 Å². The molecular weight excluding hydrogens is 743 g/mol. The molecule has 0 atom stereocenters. The van der Waals surface area contributed by atoms with Crippen molar-refractivity contribution in [2.75, 3.05) is 0 Å². The van der Waals surface area contributed by atoms with Gasteiger partial charge in [0.25, 0.3) is 0 Å². The Morgan fingerprint density at radius 2 is 0.825 bits per heavy atom. The van der Waals surface area contributed by atoms with Crippen LogP contribution in [-0.4, -0.2) is 14.9 Å². The molecule has 57 heavy (non-hydrogen) atoms. The first-order valence-electron chi connectivity index (χ1n) is 21.9. The van der Waals surface area contributed by atoms with Gasteiger partial charge in [0, 0.05) is 38.8 Å². The second-order valence-corrected chi connectivity index (χ2v) is 15.2. The average molecular weight is 816 g/mol. The van der Waals surface area contributed by atoms with Crippen LogP contribution in [0.1, 0.15) is 164 Å². The molecule has 1 aliphatic heterocycles. The summed E-state index contributed by atoms with van der Waals surface area (Å²) in [5.74, 6) is 0. The van der Waals surface area contributed by atoms with E-state index in [1.165, 1.54) is 118 Å². The molecule has 0 saturated heterocycles. The van der Waals surface area contributed by atoms with Crippen LogP contribution in [0.4, 0.5) is 0 Å². The molecule has 4 aromatic carbocycles. The molecule has 0 bridgehead atoms. The maximum Gasteiger partial charge on any atom is 0.211 e. The topological polar surface area (TPSA) is 65.8 Å². The minimum absolute atomic E-state index is 0. The maximum absolute atomic E-state index is 11.9. The Labute approximate surface area is 357 Å². The van der Waals surface area contributed by atoms with E-state index < -0.39 is 0 Å². The summed E-state index contributed by atoms with van der Waals surface area (Å²) in [6, 6.07) is 37.1. The molecule has 0 saturated carbocycles. The number of nitrogens with zero attached hydrogens (tertiary/aromatic N) is 2. The van der Waals surface area contributed by atoms with Crippen LogP contribution in [0.25, 0.3) is 16.9 Å². The van der Waals surface area contributed by atoms with Crippen molar-refractivity contribution in [2.24, 2.45) is 0 Å². The predicted octanol–water partition coefficient (Wildman–Crippen LogP) is 14.6. The molecule has 5 rings (SSSR count). The zero-order valence-electron chi connectivity index (χ0n) is 35.6. The van der Waals surface area contributed by atoms with Crippen LogP contribution < -0.4 is 0 Å². The molecule has 4 aromatic rings. The molecule has 2 N–H and O–H groups in total. The third kappa shape index (κ3) is 17.8. The van der Waals surface area contributed by atoms with Crippen LogP contribution in [0.3, 0.4) is 0 Å². The fourth-order valence-electron chi connectivity index (χ4n) is 7.25. The summed E-state index contributed by atoms with van der Waals surface area (Å²) in [6.45, 7) is 9.36. The van der Waals surface area contributed by atoms with Gasteiger partial charge in [-0.05, 0) is 97.9 Å². The van der Waals surface area contributed by atoms with Crippen LogP contribution >= 0.6 is 0 Å². The van der Waals surface area contributed by atoms with Gasteiger partial charge < -0.3 is 15.7 Å². The molecule has 4 nitrogen and oxygen atoms in total. The van der Waals surface area contributed by atoms with Gasteiger partial charge in [0.1, 0.15) is 0 Å². The number of aliphatic hydroxyl groups excluding tert-OH is 2. The number of unbranched alkanes of at least 4 members (excludes halogenated alkanes) is 10. The summed E-state index contributed by atoms with van der Waals surface area (Å²) in [6.07, 6.45) is 21.8. The quantitative estimate of drug-likeness (QED) is 0.0471. The van der Waals surface area contributed by atoms with E-state index in [-0.39, 0.29) is 29.7 Å². The van der Waals surface area contributed by atoms with E-state index in [0.717, 1.165) is 53.8 Å². The van der Waals surface area contributed by atoms with E-state index >= 15 is 0 Å². The van der Waals surface area contributed by atoms with Crippen molar-refractivity contribution < 1.29 is 31.4 Å². The zero-order valence-corrected chi connectivity index (χ0v) is 36.6. The molecule has 312 valence electrons. The first-order chi connectivity index (χ1) is 27.5. The zero-order chi connectivity index (χ0) is 40.2. The van der Waals surface area contributed by atoms with E-state index in [1.807, 2.05) is 60.7 Å². The largest absolute Gasteiger partial charge is 0.493 e. The monoisotopic (exact) mass is 814 g/mol. The molecule has 0 amide bonds. The number of aliphatic hydroxyl groups is 2. The minimum atomic E-state index is 0. The van der Waals surface area contributed by atoms with Gasteiger partial charge in [-0.15, -0.1) is 0 Å². The van der Waals surface area contributed by atoms with E-state index in [2.05, 4.69) is 76.2 Å². The number of allylic oxidation sites excluding steroid dienone is 2. The number of aryl methyl sites for hydroxylation is 2. The number of benzene rings is 4. The number of rotatable bonds is 22. The smallest absolute Gasteiger partial charge is 0.211 e. The Bertz CT molecular complexity index is 1670. The van der Waals surface area contributed by atoms with E-state index in [9.17, 15) is 5.53 Å². The third-order valence-corrected chi connectivity index (χ3v) is 10.5. The van der Waals surface area contributed by atoms with Gasteiger partial charge in [-0.25, -0.2) is 4.70 Å². The Hall–Kier alpha value is -3.63. The third-order valence-electron chi connectivity index (χ3n) is 10.5. The SMILES string of the molecule is CCCCCCCCc1cccc(C2=C(CCCCC)C(CCCCC)=C(c3ccc(CCCC)cc3)[N+]2=[N-])c1.OCc1ccccc1.OCc1ccccc1.[Ni]. The van der Waals surface area contributed by atoms with Gasteiger partial charge in [-0.1, -0.05) is 177 Å². The van der Waals surface area contributed by atoms with Gasteiger partial charge >= 0.3 is 0 Å². The predicted molar refractivity (Wildman–Crippen MR) is 239 cm³/mol. The average Bonchev–Trinajstić information content (AvgIpc) is 3.52. The van der Waals surface area contributed by atoms with Crippen molar-refractivity contribution in [3.63, 3.8) is 0 Å². The Morgan fingerprint density at radius 3 is 1.32 bits per heavy atom. The van der Waals surface area contributed by atoms with Crippen LogP contribution in [0.5, 0.6) is 0 Å². The molecule has 0 spiro atoms. The summed E-state index contributed by atoms with van der Waals surface area (Å²) < 4.78 is 1.56. The summed E-state index contributed by atoms with van der Waals surface area (Å²) >= 11 is 0. The van der Waals surface area contributed by atoms with Crippen molar-refractivity contribution in [2.45, 2.75) is 156 Å². The van der Waals surface area contributed by atoms with E-state index in [0.29, 0.717) is 0 Å². The molecule has 0 radical (unpaired) electrons. The summed E-state index contributed by atoms with van der Waals surface area (Å²) in [5.41, 5.74) is 23.7. The van der Waals surface area contributed by atoms with Crippen LogP contribution in [0.15, 0.2) is 120 Å². The molecule has 0 aromatic heterocycles. The Balaban J connectivity index is 0.000000541. The fourth-order valence-corrected chi connectivity index (χ4v) is 7.25.